The van der Waals surface area contributed by atoms with E-state index in [9.17, 15) is 19.2 Å². The fourth-order valence-corrected chi connectivity index (χ4v) is 7.09. The van der Waals surface area contributed by atoms with Gasteiger partial charge in [0.15, 0.2) is 6.23 Å². The minimum atomic E-state index is -1.18. The highest BCUT2D eigenvalue weighted by atomic mass is 16.6. The quantitative estimate of drug-likeness (QED) is 0.0807. The standard InChI is InChI=1S/C49H61N3O10/c1-33(2)27-39(47(55)57-6)51-45(54)38(28-34-19-11-7-12-20-34)50-41(53)29-40-42(58-30-35-21-13-8-14-22-35)43(59-31-36-23-15-9-16-24-36)44(60-32-37-25-17-10-18-26-37)46(61-40)52-48(56)62-49(3,4)5/h7-26,33,38-40,42-44,46H,27-32H2,1-6H3,(H,50,53)(H,51,54)(H,52,56)/t38-,39-,40-,42-,43+,44-,46-/m0/s1. The van der Waals surface area contributed by atoms with Crippen molar-refractivity contribution < 1.29 is 47.6 Å². The summed E-state index contributed by atoms with van der Waals surface area (Å²) in [5.41, 5.74) is 2.58. The fraction of sp³-hybridized carbons (Fsp3) is 0.429. The molecule has 5 rings (SSSR count). The minimum Gasteiger partial charge on any atom is -0.467 e. The summed E-state index contributed by atoms with van der Waals surface area (Å²) < 4.78 is 37.4. The maximum Gasteiger partial charge on any atom is 0.409 e. The van der Waals surface area contributed by atoms with Crippen LogP contribution in [0.3, 0.4) is 0 Å². The number of carbonyl (C=O) groups is 4. The van der Waals surface area contributed by atoms with E-state index in [4.69, 9.17) is 28.4 Å². The van der Waals surface area contributed by atoms with E-state index in [2.05, 4.69) is 16.0 Å². The summed E-state index contributed by atoms with van der Waals surface area (Å²) in [6.07, 6.45) is -5.62. The second kappa shape index (κ2) is 23.6. The lowest BCUT2D eigenvalue weighted by atomic mass is 9.94. The van der Waals surface area contributed by atoms with Crippen LogP contribution in [-0.4, -0.2) is 79.3 Å². The Morgan fingerprint density at radius 3 is 1.56 bits per heavy atom. The number of carbonyl (C=O) groups excluding carboxylic acids is 4. The van der Waals surface area contributed by atoms with Gasteiger partial charge in [0.1, 0.15) is 36.0 Å². The number of hydrogen-bond donors (Lipinski definition) is 3. The molecule has 1 aliphatic heterocycles. The Kier molecular flexibility index (Phi) is 18.0. The molecule has 1 aliphatic rings. The normalized spacial score (nSPS) is 19.8. The molecule has 0 radical (unpaired) electrons. The van der Waals surface area contributed by atoms with E-state index < -0.39 is 72.2 Å². The summed E-state index contributed by atoms with van der Waals surface area (Å²) in [6.45, 7) is 9.56. The Balaban J connectivity index is 1.50. The number of esters is 1. The van der Waals surface area contributed by atoms with Crippen molar-refractivity contribution in [1.82, 2.24) is 16.0 Å². The second-order valence-corrected chi connectivity index (χ2v) is 16.8. The molecule has 0 aromatic heterocycles. The van der Waals surface area contributed by atoms with E-state index in [1.165, 1.54) is 7.11 Å². The maximum absolute atomic E-state index is 14.4. The van der Waals surface area contributed by atoms with Crippen molar-refractivity contribution in [3.05, 3.63) is 144 Å². The van der Waals surface area contributed by atoms with Crippen molar-refractivity contribution in [3.63, 3.8) is 0 Å². The van der Waals surface area contributed by atoms with Crippen LogP contribution in [0.2, 0.25) is 0 Å². The largest absolute Gasteiger partial charge is 0.467 e. The molecule has 13 nitrogen and oxygen atoms in total. The van der Waals surface area contributed by atoms with Gasteiger partial charge < -0.3 is 39.1 Å². The Labute approximate surface area is 365 Å². The molecule has 62 heavy (non-hydrogen) atoms. The number of alkyl carbamates (subject to hydrolysis) is 1. The van der Waals surface area contributed by atoms with Crippen LogP contribution in [0.1, 0.15) is 69.7 Å². The van der Waals surface area contributed by atoms with Gasteiger partial charge in [-0.1, -0.05) is 135 Å². The highest BCUT2D eigenvalue weighted by molar-refractivity contribution is 5.91. The fourth-order valence-electron chi connectivity index (χ4n) is 7.09. The molecule has 0 unspecified atom stereocenters. The number of ether oxygens (including phenoxy) is 6. The predicted molar refractivity (Wildman–Crippen MR) is 233 cm³/mol. The molecule has 1 fully saturated rings. The second-order valence-electron chi connectivity index (χ2n) is 16.8. The van der Waals surface area contributed by atoms with Gasteiger partial charge in [0, 0.05) is 6.42 Å². The molecule has 4 aromatic rings. The van der Waals surface area contributed by atoms with Crippen molar-refractivity contribution in [2.24, 2.45) is 5.92 Å². The number of amides is 3. The molecule has 7 atom stereocenters. The van der Waals surface area contributed by atoms with E-state index in [0.717, 1.165) is 22.3 Å². The molecule has 3 amide bonds. The van der Waals surface area contributed by atoms with Gasteiger partial charge in [-0.3, -0.25) is 14.9 Å². The lowest BCUT2D eigenvalue weighted by Gasteiger charge is -2.46. The van der Waals surface area contributed by atoms with Gasteiger partial charge in [-0.05, 0) is 55.4 Å². The van der Waals surface area contributed by atoms with Crippen LogP contribution in [0, 0.1) is 5.92 Å². The Hall–Kier alpha value is -5.60. The van der Waals surface area contributed by atoms with Crippen molar-refractivity contribution in [3.8, 4) is 0 Å². The molecule has 4 aromatic carbocycles. The van der Waals surface area contributed by atoms with Gasteiger partial charge in [-0.2, -0.15) is 0 Å². The summed E-state index contributed by atoms with van der Waals surface area (Å²) in [6, 6.07) is 36.0. The van der Waals surface area contributed by atoms with Crippen LogP contribution in [-0.2, 0) is 69.0 Å². The number of nitrogens with one attached hydrogen (secondary N) is 3. The van der Waals surface area contributed by atoms with Crippen LogP contribution in [0.15, 0.2) is 121 Å². The van der Waals surface area contributed by atoms with Crippen LogP contribution >= 0.6 is 0 Å². The van der Waals surface area contributed by atoms with E-state index in [1.54, 1.807) is 20.8 Å². The summed E-state index contributed by atoms with van der Waals surface area (Å²) in [7, 11) is 1.27. The van der Waals surface area contributed by atoms with Crippen molar-refractivity contribution in [2.45, 2.75) is 122 Å². The Bertz CT molecular complexity index is 1980. The molecule has 0 saturated carbocycles. The van der Waals surface area contributed by atoms with E-state index >= 15 is 0 Å². The van der Waals surface area contributed by atoms with Crippen LogP contribution in [0.5, 0.6) is 0 Å². The highest BCUT2D eigenvalue weighted by Crippen LogP contribution is 2.32. The molecule has 3 N–H and O–H groups in total. The lowest BCUT2D eigenvalue weighted by Crippen LogP contribution is -2.65. The molecule has 13 heteroatoms. The third-order valence-corrected chi connectivity index (χ3v) is 9.98. The van der Waals surface area contributed by atoms with Crippen molar-refractivity contribution in [2.75, 3.05) is 7.11 Å². The highest BCUT2D eigenvalue weighted by Gasteiger charge is 2.50. The third-order valence-electron chi connectivity index (χ3n) is 9.98. The van der Waals surface area contributed by atoms with Gasteiger partial charge in [0.25, 0.3) is 0 Å². The van der Waals surface area contributed by atoms with Gasteiger partial charge in [0.2, 0.25) is 11.8 Å². The molecule has 0 aliphatic carbocycles. The topological polar surface area (TPSA) is 160 Å². The van der Waals surface area contributed by atoms with Crippen molar-refractivity contribution >= 4 is 23.9 Å². The molecule has 1 saturated heterocycles. The maximum atomic E-state index is 14.4. The lowest BCUT2D eigenvalue weighted by molar-refractivity contribution is -0.269. The smallest absolute Gasteiger partial charge is 0.409 e. The van der Waals surface area contributed by atoms with E-state index in [0.29, 0.717) is 6.42 Å². The zero-order chi connectivity index (χ0) is 44.5. The first kappa shape index (κ1) is 47.4. The number of methoxy groups -OCH3 is 1. The molecule has 0 bridgehead atoms. The van der Waals surface area contributed by atoms with Gasteiger partial charge in [-0.25, -0.2) is 9.59 Å². The SMILES string of the molecule is COC(=O)[C@H](CC(C)C)NC(=O)[C@H](Cc1ccccc1)NC(=O)C[C@@H]1O[C@H](NC(=O)OC(C)(C)C)[C@@H](OCc2ccccc2)[C@H](OCc2ccccc2)[C@H]1OCc1ccccc1. The predicted octanol–water partition coefficient (Wildman–Crippen LogP) is 6.81. The summed E-state index contributed by atoms with van der Waals surface area (Å²) in [5.74, 6) is -1.61. The third kappa shape index (κ3) is 15.4. The van der Waals surface area contributed by atoms with Gasteiger partial charge in [0.05, 0.1) is 39.5 Å². The zero-order valence-electron chi connectivity index (χ0n) is 36.5. The first-order valence-electron chi connectivity index (χ1n) is 21.1. The Morgan fingerprint density at radius 2 is 1.10 bits per heavy atom. The molecule has 0 spiro atoms. The summed E-state index contributed by atoms with van der Waals surface area (Å²) >= 11 is 0. The zero-order valence-corrected chi connectivity index (χ0v) is 36.5. The molecular formula is C49H61N3O10. The number of hydrogen-bond acceptors (Lipinski definition) is 10. The van der Waals surface area contributed by atoms with Gasteiger partial charge >= 0.3 is 12.1 Å². The van der Waals surface area contributed by atoms with E-state index in [1.807, 2.05) is 135 Å². The molecule has 332 valence electrons. The Morgan fingerprint density at radius 1 is 0.629 bits per heavy atom. The van der Waals surface area contributed by atoms with Crippen LogP contribution < -0.4 is 16.0 Å². The minimum absolute atomic E-state index is 0.0672. The van der Waals surface area contributed by atoms with Crippen LogP contribution in [0.25, 0.3) is 0 Å². The molecule has 1 heterocycles. The van der Waals surface area contributed by atoms with Gasteiger partial charge in [-0.15, -0.1) is 0 Å². The summed E-state index contributed by atoms with van der Waals surface area (Å²) in [4.78, 5) is 54.6. The van der Waals surface area contributed by atoms with Crippen LogP contribution in [0.4, 0.5) is 4.79 Å². The number of rotatable bonds is 20. The first-order chi connectivity index (χ1) is 29.8. The van der Waals surface area contributed by atoms with E-state index in [-0.39, 0.29) is 38.6 Å². The summed E-state index contributed by atoms with van der Waals surface area (Å²) in [5, 5.41) is 8.58. The number of benzene rings is 4. The average molecular weight is 852 g/mol. The van der Waals surface area contributed by atoms with Crippen molar-refractivity contribution in [1.29, 1.82) is 0 Å². The average Bonchev–Trinajstić information content (AvgIpc) is 3.24. The monoisotopic (exact) mass is 851 g/mol. The first-order valence-corrected chi connectivity index (χ1v) is 21.1. The molecular weight excluding hydrogens is 791 g/mol.